The molecule has 2 N–H and O–H groups in total. The molecule has 0 bridgehead atoms. The van der Waals surface area contributed by atoms with E-state index in [0.717, 1.165) is 20.8 Å². The molecular formula is C18H21BrN2O2S. The van der Waals surface area contributed by atoms with Crippen molar-refractivity contribution >= 4 is 33.6 Å². The highest BCUT2D eigenvalue weighted by Gasteiger charge is 2.13. The third kappa shape index (κ3) is 5.61. The number of rotatable bonds is 8. The van der Waals surface area contributed by atoms with E-state index in [1.807, 2.05) is 30.3 Å². The lowest BCUT2D eigenvalue weighted by atomic mass is 10.00. The zero-order valence-electron chi connectivity index (χ0n) is 13.5. The highest BCUT2D eigenvalue weighted by molar-refractivity contribution is 9.10. The minimum atomic E-state index is -0.166. The van der Waals surface area contributed by atoms with E-state index in [1.165, 1.54) is 0 Å². The molecule has 0 aliphatic rings. The number of pyridine rings is 1. The molecule has 0 aliphatic heterocycles. The third-order valence-corrected chi connectivity index (χ3v) is 5.17. The molecule has 2 rings (SSSR count). The number of aliphatic hydroxyl groups is 1. The summed E-state index contributed by atoms with van der Waals surface area (Å²) < 4.78 is 1.02. The second-order valence-electron chi connectivity index (χ2n) is 5.37. The number of nitrogens with zero attached hydrogens (tertiary/aromatic N) is 1. The van der Waals surface area contributed by atoms with E-state index >= 15 is 0 Å². The zero-order valence-corrected chi connectivity index (χ0v) is 15.9. The summed E-state index contributed by atoms with van der Waals surface area (Å²) in [6.07, 6.45) is 2.29. The Morgan fingerprint density at radius 3 is 2.75 bits per heavy atom. The molecule has 1 heterocycles. The number of halogens is 1. The molecule has 1 aromatic heterocycles. The molecule has 0 aliphatic carbocycles. The average Bonchev–Trinajstić information content (AvgIpc) is 2.61. The average molecular weight is 409 g/mol. The summed E-state index contributed by atoms with van der Waals surface area (Å²) in [5, 5.41) is 13.4. The largest absolute Gasteiger partial charge is 0.396 e. The molecule has 128 valence electrons. The first-order valence-corrected chi connectivity index (χ1v) is 9.63. The van der Waals surface area contributed by atoms with Crippen molar-refractivity contribution in [2.24, 2.45) is 5.92 Å². The Bertz CT molecular complexity index is 664. The van der Waals surface area contributed by atoms with Crippen LogP contribution in [0, 0.1) is 5.92 Å². The van der Waals surface area contributed by atoms with Crippen LogP contribution in [0.4, 0.5) is 0 Å². The van der Waals surface area contributed by atoms with Gasteiger partial charge in [0.2, 0.25) is 0 Å². The summed E-state index contributed by atoms with van der Waals surface area (Å²) in [7, 11) is 0. The van der Waals surface area contributed by atoms with Crippen LogP contribution in [0.3, 0.4) is 0 Å². The lowest BCUT2D eigenvalue weighted by molar-refractivity contribution is 0.0939. The zero-order chi connectivity index (χ0) is 17.4. The van der Waals surface area contributed by atoms with Gasteiger partial charge in [0.1, 0.15) is 0 Å². The Morgan fingerprint density at radius 2 is 2.12 bits per heavy atom. The maximum atomic E-state index is 12.2. The maximum Gasteiger partial charge on any atom is 0.252 e. The van der Waals surface area contributed by atoms with Crippen molar-refractivity contribution < 1.29 is 9.90 Å². The van der Waals surface area contributed by atoms with Gasteiger partial charge in [0.25, 0.3) is 5.91 Å². The van der Waals surface area contributed by atoms with Crippen LogP contribution in [0.2, 0.25) is 0 Å². The maximum absolute atomic E-state index is 12.2. The SMILES string of the molecule is CCSc1ccc(C(=O)NC[C@H](CO)Cc2ccccc2Br)cn1. The van der Waals surface area contributed by atoms with Crippen LogP contribution in [0.1, 0.15) is 22.8 Å². The van der Waals surface area contributed by atoms with Crippen molar-refractivity contribution in [1.29, 1.82) is 0 Å². The van der Waals surface area contributed by atoms with E-state index in [9.17, 15) is 9.90 Å². The lowest BCUT2D eigenvalue weighted by Gasteiger charge is -2.16. The molecule has 6 heteroatoms. The Kier molecular flexibility index (Phi) is 7.75. The molecule has 0 saturated carbocycles. The predicted molar refractivity (Wildman–Crippen MR) is 101 cm³/mol. The molecule has 0 fully saturated rings. The van der Waals surface area contributed by atoms with Gasteiger partial charge in [-0.2, -0.15) is 0 Å². The Labute approximate surface area is 155 Å². The van der Waals surface area contributed by atoms with Gasteiger partial charge < -0.3 is 10.4 Å². The molecule has 24 heavy (non-hydrogen) atoms. The second kappa shape index (κ2) is 9.81. The lowest BCUT2D eigenvalue weighted by Crippen LogP contribution is -2.32. The van der Waals surface area contributed by atoms with Gasteiger partial charge in [-0.25, -0.2) is 4.98 Å². The van der Waals surface area contributed by atoms with Crippen LogP contribution in [0.5, 0.6) is 0 Å². The number of benzene rings is 1. The van der Waals surface area contributed by atoms with Crippen molar-refractivity contribution in [1.82, 2.24) is 10.3 Å². The van der Waals surface area contributed by atoms with Gasteiger partial charge in [-0.1, -0.05) is 41.1 Å². The van der Waals surface area contributed by atoms with Crippen LogP contribution < -0.4 is 5.32 Å². The number of aliphatic hydroxyl groups excluding tert-OH is 1. The molecule has 4 nitrogen and oxygen atoms in total. The summed E-state index contributed by atoms with van der Waals surface area (Å²) in [6.45, 7) is 2.50. The van der Waals surface area contributed by atoms with Crippen LogP contribution in [-0.2, 0) is 6.42 Å². The highest BCUT2D eigenvalue weighted by Crippen LogP contribution is 2.19. The molecule has 1 amide bonds. The summed E-state index contributed by atoms with van der Waals surface area (Å²) in [5.74, 6) is 0.753. The highest BCUT2D eigenvalue weighted by atomic mass is 79.9. The summed E-state index contributed by atoms with van der Waals surface area (Å²) in [5.41, 5.74) is 1.65. The van der Waals surface area contributed by atoms with Crippen LogP contribution in [-0.4, -0.2) is 34.9 Å². The van der Waals surface area contributed by atoms with Gasteiger partial charge >= 0.3 is 0 Å². The number of carbonyl (C=O) groups excluding carboxylic acids is 1. The quantitative estimate of drug-likeness (QED) is 0.655. The number of amides is 1. The van der Waals surface area contributed by atoms with Gasteiger partial charge in [0.05, 0.1) is 10.6 Å². The number of hydrogen-bond donors (Lipinski definition) is 2. The summed E-state index contributed by atoms with van der Waals surface area (Å²) in [4.78, 5) is 16.5. The molecule has 0 spiro atoms. The molecule has 1 aromatic carbocycles. The molecule has 0 unspecified atom stereocenters. The minimum Gasteiger partial charge on any atom is -0.396 e. The Balaban J connectivity index is 1.90. The third-order valence-electron chi connectivity index (χ3n) is 3.57. The molecule has 0 saturated heterocycles. The molecule has 1 atom stereocenters. The smallest absolute Gasteiger partial charge is 0.252 e. The standard InChI is InChI=1S/C18H21BrN2O2S/c1-2-24-17-8-7-15(11-20-17)18(23)21-10-13(12-22)9-14-5-3-4-6-16(14)19/h3-8,11,13,22H,2,9-10,12H2,1H3,(H,21,23)/t13-/m1/s1. The van der Waals surface area contributed by atoms with Crippen molar-refractivity contribution in [3.8, 4) is 0 Å². The van der Waals surface area contributed by atoms with Crippen LogP contribution in [0.15, 0.2) is 52.1 Å². The summed E-state index contributed by atoms with van der Waals surface area (Å²) in [6, 6.07) is 11.5. The first-order chi connectivity index (χ1) is 11.6. The van der Waals surface area contributed by atoms with Crippen molar-refractivity contribution in [2.75, 3.05) is 18.9 Å². The molecular weight excluding hydrogens is 388 g/mol. The fourth-order valence-corrected chi connectivity index (χ4v) is 3.30. The number of thioether (sulfide) groups is 1. The van der Waals surface area contributed by atoms with Crippen molar-refractivity contribution in [3.05, 3.63) is 58.2 Å². The molecule has 2 aromatic rings. The van der Waals surface area contributed by atoms with Gasteiger partial charge in [0, 0.05) is 29.7 Å². The number of carbonyl (C=O) groups is 1. The fourth-order valence-electron chi connectivity index (χ4n) is 2.26. The van der Waals surface area contributed by atoms with E-state index in [2.05, 4.69) is 33.2 Å². The van der Waals surface area contributed by atoms with Crippen molar-refractivity contribution in [2.45, 2.75) is 18.4 Å². The number of nitrogens with one attached hydrogen (secondary N) is 1. The molecule has 0 radical (unpaired) electrons. The van der Waals surface area contributed by atoms with Gasteiger partial charge in [-0.15, -0.1) is 11.8 Å². The monoisotopic (exact) mass is 408 g/mol. The van der Waals surface area contributed by atoms with Gasteiger partial charge in [-0.05, 0) is 35.9 Å². The van der Waals surface area contributed by atoms with E-state index in [-0.39, 0.29) is 18.4 Å². The van der Waals surface area contributed by atoms with E-state index in [4.69, 9.17) is 0 Å². The van der Waals surface area contributed by atoms with Crippen molar-refractivity contribution in [3.63, 3.8) is 0 Å². The van der Waals surface area contributed by atoms with Crippen LogP contribution >= 0.6 is 27.7 Å². The summed E-state index contributed by atoms with van der Waals surface area (Å²) >= 11 is 5.15. The first-order valence-electron chi connectivity index (χ1n) is 7.85. The van der Waals surface area contributed by atoms with E-state index in [0.29, 0.717) is 18.5 Å². The Morgan fingerprint density at radius 1 is 1.33 bits per heavy atom. The Hall–Kier alpha value is -1.37. The normalized spacial score (nSPS) is 12.0. The topological polar surface area (TPSA) is 62.2 Å². The first kappa shape index (κ1) is 19.0. The van der Waals surface area contributed by atoms with E-state index in [1.54, 1.807) is 24.0 Å². The number of hydrogen-bond acceptors (Lipinski definition) is 4. The van der Waals surface area contributed by atoms with E-state index < -0.39 is 0 Å². The minimum absolute atomic E-state index is 0.0198. The van der Waals surface area contributed by atoms with Gasteiger partial charge in [0.15, 0.2) is 0 Å². The number of aromatic nitrogens is 1. The second-order valence-corrected chi connectivity index (χ2v) is 7.51. The van der Waals surface area contributed by atoms with Crippen LogP contribution in [0.25, 0.3) is 0 Å². The predicted octanol–water partition coefficient (Wildman–Crippen LogP) is 3.54. The van der Waals surface area contributed by atoms with Gasteiger partial charge in [-0.3, -0.25) is 4.79 Å². The fraction of sp³-hybridized carbons (Fsp3) is 0.333.